The second-order valence-electron chi connectivity index (χ2n) is 7.71. The van der Waals surface area contributed by atoms with E-state index in [0.717, 1.165) is 39.8 Å². The molecule has 0 unspecified atom stereocenters. The van der Waals surface area contributed by atoms with E-state index in [1.54, 1.807) is 0 Å². The third kappa shape index (κ3) is 4.57. The summed E-state index contributed by atoms with van der Waals surface area (Å²) in [6.45, 7) is 0. The largest absolute Gasteiger partial charge is 0.375 e. The summed E-state index contributed by atoms with van der Waals surface area (Å²) in [4.78, 5) is 3.22. The molecule has 4 aromatic carbocycles. The summed E-state index contributed by atoms with van der Waals surface area (Å²) in [5.74, 6) is 0. The van der Waals surface area contributed by atoms with Gasteiger partial charge in [0, 0.05) is 16.3 Å². The highest BCUT2D eigenvalue weighted by Crippen LogP contribution is 2.40. The van der Waals surface area contributed by atoms with Gasteiger partial charge in [-0.3, -0.25) is 9.11 Å². The van der Waals surface area contributed by atoms with Gasteiger partial charge >= 0.3 is 0 Å². The zero-order valence-corrected chi connectivity index (χ0v) is 20.5. The Labute approximate surface area is 209 Å². The molecular formula is C23H16N4O6S3. The summed E-state index contributed by atoms with van der Waals surface area (Å²) < 4.78 is 67.1. The van der Waals surface area contributed by atoms with Crippen molar-refractivity contribution in [3.05, 3.63) is 72.8 Å². The van der Waals surface area contributed by atoms with Crippen LogP contribution >= 0.6 is 11.3 Å². The van der Waals surface area contributed by atoms with Crippen molar-refractivity contribution in [2.75, 3.05) is 5.73 Å². The smallest absolute Gasteiger partial charge is 0.295 e. The second-order valence-corrected chi connectivity index (χ2v) is 11.5. The van der Waals surface area contributed by atoms with Gasteiger partial charge in [-0.2, -0.15) is 16.8 Å². The molecule has 0 spiro atoms. The summed E-state index contributed by atoms with van der Waals surface area (Å²) in [5, 5.41) is 10.6. The molecule has 0 saturated carbocycles. The molecule has 0 bridgehead atoms. The lowest BCUT2D eigenvalue weighted by molar-refractivity contribution is 0.481. The van der Waals surface area contributed by atoms with Crippen molar-refractivity contribution in [2.45, 2.75) is 9.79 Å². The summed E-state index contributed by atoms with van der Waals surface area (Å²) in [5.41, 5.74) is 7.04. The van der Waals surface area contributed by atoms with Crippen LogP contribution in [0.3, 0.4) is 0 Å². The van der Waals surface area contributed by atoms with Crippen molar-refractivity contribution in [3.8, 4) is 11.3 Å². The molecule has 5 aromatic rings. The fourth-order valence-electron chi connectivity index (χ4n) is 3.83. The molecule has 0 amide bonds. The Morgan fingerprint density at radius 3 is 2.19 bits per heavy atom. The molecule has 0 aliphatic carbocycles. The van der Waals surface area contributed by atoms with Gasteiger partial charge in [0.1, 0.15) is 15.5 Å². The zero-order chi connectivity index (χ0) is 25.7. The fraction of sp³-hybridized carbons (Fsp3) is 0. The van der Waals surface area contributed by atoms with Crippen LogP contribution in [0.1, 0.15) is 0 Å². The highest BCUT2D eigenvalue weighted by atomic mass is 32.2. The molecule has 5 rings (SSSR count). The summed E-state index contributed by atoms with van der Waals surface area (Å²) >= 11 is 1.06. The van der Waals surface area contributed by atoms with Gasteiger partial charge in [0.15, 0.2) is 10.1 Å². The van der Waals surface area contributed by atoms with Crippen molar-refractivity contribution in [2.24, 2.45) is 10.2 Å². The van der Waals surface area contributed by atoms with Crippen molar-refractivity contribution >= 4 is 68.9 Å². The first-order valence-electron chi connectivity index (χ1n) is 10.2. The number of azo groups is 1. The molecule has 0 radical (unpaired) electrons. The molecule has 182 valence electrons. The molecule has 1 aromatic heterocycles. The van der Waals surface area contributed by atoms with Gasteiger partial charge in [-0.1, -0.05) is 59.9 Å². The van der Waals surface area contributed by atoms with Crippen molar-refractivity contribution in [3.63, 3.8) is 0 Å². The highest BCUT2D eigenvalue weighted by Gasteiger charge is 2.21. The van der Waals surface area contributed by atoms with E-state index < -0.39 is 30.0 Å². The average molecular weight is 541 g/mol. The van der Waals surface area contributed by atoms with Crippen LogP contribution in [0.15, 0.2) is 92.8 Å². The van der Waals surface area contributed by atoms with Crippen LogP contribution in [0, 0.1) is 0 Å². The number of anilines is 1. The van der Waals surface area contributed by atoms with Crippen LogP contribution < -0.4 is 5.73 Å². The SMILES string of the molecule is Nc1nc(-c2ccc3ccccc3c2)c(/N=N/c2cc(S(=O)(=O)O)c3cccc(S(=O)(=O)O)c3c2)s1. The lowest BCUT2D eigenvalue weighted by Crippen LogP contribution is -2.03. The number of hydrogen-bond acceptors (Lipinski definition) is 9. The third-order valence-corrected chi connectivity index (χ3v) is 7.94. The molecular weight excluding hydrogens is 524 g/mol. The minimum absolute atomic E-state index is 0.0809. The molecule has 0 atom stereocenters. The van der Waals surface area contributed by atoms with Crippen LogP contribution in [0.4, 0.5) is 15.8 Å². The van der Waals surface area contributed by atoms with E-state index in [2.05, 4.69) is 15.2 Å². The van der Waals surface area contributed by atoms with E-state index in [-0.39, 0.29) is 21.6 Å². The quantitative estimate of drug-likeness (QED) is 0.191. The fourth-order valence-corrected chi connectivity index (χ4v) is 5.93. The number of aromatic nitrogens is 1. The van der Waals surface area contributed by atoms with Crippen LogP contribution in [0.2, 0.25) is 0 Å². The monoisotopic (exact) mass is 540 g/mol. The molecule has 1 heterocycles. The standard InChI is InChI=1S/C23H16N4O6S3/c24-23-25-21(15-9-8-13-4-1-2-5-14(13)10-15)22(34-23)27-26-16-11-18-17(20(12-16)36(31,32)33)6-3-7-19(18)35(28,29)30/h1-12H,(H2,24,25)(H,28,29,30)(H,31,32,33)/b27-26+. The first-order valence-corrected chi connectivity index (χ1v) is 13.9. The third-order valence-electron chi connectivity index (χ3n) is 5.36. The maximum atomic E-state index is 12.0. The van der Waals surface area contributed by atoms with Gasteiger partial charge in [0.2, 0.25) is 0 Å². The van der Waals surface area contributed by atoms with Crippen molar-refractivity contribution in [1.29, 1.82) is 0 Å². The number of hydrogen-bond donors (Lipinski definition) is 3. The van der Waals surface area contributed by atoms with Crippen LogP contribution in [-0.4, -0.2) is 30.9 Å². The van der Waals surface area contributed by atoms with E-state index in [9.17, 15) is 25.9 Å². The van der Waals surface area contributed by atoms with E-state index >= 15 is 0 Å². The molecule has 0 saturated heterocycles. The minimum atomic E-state index is -4.77. The van der Waals surface area contributed by atoms with Gasteiger partial charge < -0.3 is 5.73 Å². The minimum Gasteiger partial charge on any atom is -0.375 e. The van der Waals surface area contributed by atoms with Crippen molar-refractivity contribution < 1.29 is 25.9 Å². The van der Waals surface area contributed by atoms with Crippen LogP contribution in [0.25, 0.3) is 32.8 Å². The first kappa shape index (κ1) is 24.0. The number of thiazole rings is 1. The highest BCUT2D eigenvalue weighted by molar-refractivity contribution is 7.86. The van der Waals surface area contributed by atoms with Crippen molar-refractivity contribution in [1.82, 2.24) is 4.98 Å². The lowest BCUT2D eigenvalue weighted by Gasteiger charge is -2.08. The Hall–Kier alpha value is -3.75. The Kier molecular flexibility index (Phi) is 5.81. The molecule has 0 fully saturated rings. The van der Waals surface area contributed by atoms with E-state index in [0.29, 0.717) is 10.7 Å². The number of nitrogens with zero attached hydrogens (tertiary/aromatic N) is 3. The Balaban J connectivity index is 1.66. The molecule has 4 N–H and O–H groups in total. The summed E-state index contributed by atoms with van der Waals surface area (Å²) in [7, 11) is -9.48. The normalized spacial score (nSPS) is 12.6. The predicted octanol–water partition coefficient (Wildman–Crippen LogP) is 5.61. The van der Waals surface area contributed by atoms with E-state index in [1.165, 1.54) is 18.2 Å². The van der Waals surface area contributed by atoms with E-state index in [4.69, 9.17) is 5.73 Å². The van der Waals surface area contributed by atoms with E-state index in [1.807, 2.05) is 42.5 Å². The number of nitrogens with two attached hydrogens (primary N) is 1. The maximum absolute atomic E-state index is 12.0. The van der Waals surface area contributed by atoms with Gasteiger partial charge in [-0.05, 0) is 35.0 Å². The second kappa shape index (κ2) is 8.72. The number of nitrogen functional groups attached to an aromatic ring is 1. The molecule has 13 heteroatoms. The van der Waals surface area contributed by atoms with Crippen LogP contribution in [0.5, 0.6) is 0 Å². The number of benzene rings is 4. The summed E-state index contributed by atoms with van der Waals surface area (Å²) in [6.07, 6.45) is 0. The topological polar surface area (TPSA) is 172 Å². The Bertz CT molecular complexity index is 1920. The van der Waals surface area contributed by atoms with Crippen LogP contribution in [-0.2, 0) is 20.2 Å². The number of fused-ring (bicyclic) bond motifs is 2. The predicted molar refractivity (Wildman–Crippen MR) is 137 cm³/mol. The molecule has 0 aliphatic rings. The Morgan fingerprint density at radius 1 is 0.750 bits per heavy atom. The number of rotatable bonds is 5. The van der Waals surface area contributed by atoms with Gasteiger partial charge in [-0.15, -0.1) is 10.2 Å². The van der Waals surface area contributed by atoms with Gasteiger partial charge in [-0.25, -0.2) is 4.98 Å². The molecule has 36 heavy (non-hydrogen) atoms. The summed E-state index contributed by atoms with van der Waals surface area (Å²) in [6, 6.07) is 19.4. The first-order chi connectivity index (χ1) is 17.0. The lowest BCUT2D eigenvalue weighted by atomic mass is 10.1. The molecule has 0 aliphatic heterocycles. The average Bonchev–Trinajstić information content (AvgIpc) is 3.20. The molecule has 10 nitrogen and oxygen atoms in total. The Morgan fingerprint density at radius 2 is 1.47 bits per heavy atom. The van der Waals surface area contributed by atoms with Gasteiger partial charge in [0.25, 0.3) is 20.2 Å². The zero-order valence-electron chi connectivity index (χ0n) is 18.1. The maximum Gasteiger partial charge on any atom is 0.295 e. The van der Waals surface area contributed by atoms with Gasteiger partial charge in [0.05, 0.1) is 5.69 Å².